The van der Waals surface area contributed by atoms with E-state index in [4.69, 9.17) is 5.26 Å². The lowest BCUT2D eigenvalue weighted by Crippen LogP contribution is -2.50. The van der Waals surface area contributed by atoms with Gasteiger partial charge in [0, 0.05) is 31.5 Å². The first-order valence-corrected chi connectivity index (χ1v) is 8.33. The Morgan fingerprint density at radius 3 is 2.75 bits per heavy atom. The molecule has 0 aromatic heterocycles. The lowest BCUT2D eigenvalue weighted by atomic mass is 9.99. The predicted molar refractivity (Wildman–Crippen MR) is 87.7 cm³/mol. The summed E-state index contributed by atoms with van der Waals surface area (Å²) in [6.45, 7) is 5.04. The van der Waals surface area contributed by atoms with Crippen molar-refractivity contribution in [1.29, 1.82) is 5.26 Å². The molecular formula is C17H25FN4O2. The molecule has 6 nitrogen and oxygen atoms in total. The quantitative estimate of drug-likeness (QED) is 0.760. The summed E-state index contributed by atoms with van der Waals surface area (Å²) in [5, 5.41) is 12.1. The smallest absolute Gasteiger partial charge is 0.237 e. The zero-order valence-electron chi connectivity index (χ0n) is 14.3. The number of hydrogen-bond acceptors (Lipinski definition) is 4. The van der Waals surface area contributed by atoms with Gasteiger partial charge in [-0.2, -0.15) is 5.26 Å². The number of rotatable bonds is 5. The van der Waals surface area contributed by atoms with Crippen LogP contribution < -0.4 is 5.32 Å². The molecule has 2 aliphatic rings. The average Bonchev–Trinajstić information content (AvgIpc) is 2.94. The van der Waals surface area contributed by atoms with Crippen LogP contribution in [0.25, 0.3) is 0 Å². The Bertz CT molecular complexity index is 555. The second kappa shape index (κ2) is 7.75. The molecule has 2 atom stereocenters. The molecule has 0 spiro atoms. The summed E-state index contributed by atoms with van der Waals surface area (Å²) in [4.78, 5) is 27.6. The molecule has 1 N–H and O–H groups in total. The van der Waals surface area contributed by atoms with E-state index in [-0.39, 0.29) is 37.7 Å². The lowest BCUT2D eigenvalue weighted by molar-refractivity contribution is -0.134. The molecule has 1 saturated heterocycles. The minimum absolute atomic E-state index is 0.00885. The van der Waals surface area contributed by atoms with Crippen molar-refractivity contribution in [2.45, 2.75) is 50.9 Å². The highest BCUT2D eigenvalue weighted by molar-refractivity contribution is 5.80. The first kappa shape index (κ1) is 18.4. The standard InChI is InChI=1S/C17H25FN4O2/c1-17(2,9-15(23)21-6-4-3-5-7-21)20-11-16(24)22-12-13(18)8-14(22)10-19/h3-4,13-14,20H,5-9,11-12H2,1-2H3/t13-,14-/m0/s1. The van der Waals surface area contributed by atoms with Crippen molar-refractivity contribution in [3.05, 3.63) is 12.2 Å². The molecule has 132 valence electrons. The van der Waals surface area contributed by atoms with Gasteiger partial charge in [-0.05, 0) is 20.3 Å². The van der Waals surface area contributed by atoms with Crippen molar-refractivity contribution in [2.24, 2.45) is 0 Å². The molecule has 0 radical (unpaired) electrons. The number of nitriles is 1. The van der Waals surface area contributed by atoms with Gasteiger partial charge in [0.15, 0.2) is 0 Å². The summed E-state index contributed by atoms with van der Waals surface area (Å²) in [5.41, 5.74) is -0.551. The van der Waals surface area contributed by atoms with Gasteiger partial charge in [-0.25, -0.2) is 4.39 Å². The van der Waals surface area contributed by atoms with Gasteiger partial charge in [0.1, 0.15) is 12.2 Å². The van der Waals surface area contributed by atoms with Crippen LogP contribution in [-0.2, 0) is 9.59 Å². The maximum absolute atomic E-state index is 13.4. The maximum Gasteiger partial charge on any atom is 0.237 e. The normalized spacial score (nSPS) is 24.1. The Morgan fingerprint density at radius 1 is 1.38 bits per heavy atom. The molecule has 0 aromatic carbocycles. The van der Waals surface area contributed by atoms with Gasteiger partial charge in [-0.3, -0.25) is 9.59 Å². The van der Waals surface area contributed by atoms with Crippen molar-refractivity contribution in [3.63, 3.8) is 0 Å². The SMILES string of the molecule is CC(C)(CC(=O)N1CC=CCC1)NCC(=O)N1C[C@@H](F)C[C@H]1C#N. The number of nitrogens with one attached hydrogen (secondary N) is 1. The average molecular weight is 336 g/mol. The highest BCUT2D eigenvalue weighted by Gasteiger charge is 2.36. The van der Waals surface area contributed by atoms with Crippen LogP contribution in [0, 0.1) is 11.3 Å². The number of nitrogens with zero attached hydrogens (tertiary/aromatic N) is 3. The number of halogens is 1. The van der Waals surface area contributed by atoms with Crippen molar-refractivity contribution >= 4 is 11.8 Å². The molecule has 2 rings (SSSR count). The van der Waals surface area contributed by atoms with Crippen LogP contribution in [0.4, 0.5) is 4.39 Å². The Balaban J connectivity index is 1.83. The zero-order valence-corrected chi connectivity index (χ0v) is 14.3. The number of likely N-dealkylation sites (tertiary alicyclic amines) is 1. The monoisotopic (exact) mass is 336 g/mol. The third kappa shape index (κ3) is 4.78. The van der Waals surface area contributed by atoms with Gasteiger partial charge in [0.25, 0.3) is 0 Å². The van der Waals surface area contributed by atoms with Gasteiger partial charge < -0.3 is 15.1 Å². The minimum Gasteiger partial charge on any atom is -0.339 e. The molecule has 2 amide bonds. The summed E-state index contributed by atoms with van der Waals surface area (Å²) in [6.07, 6.45) is 4.13. The molecular weight excluding hydrogens is 311 g/mol. The molecule has 1 fully saturated rings. The minimum atomic E-state index is -1.14. The molecule has 2 heterocycles. The summed E-state index contributed by atoms with van der Waals surface area (Å²) >= 11 is 0. The molecule has 0 aliphatic carbocycles. The zero-order chi connectivity index (χ0) is 17.7. The maximum atomic E-state index is 13.4. The van der Waals surface area contributed by atoms with Gasteiger partial charge in [-0.15, -0.1) is 0 Å². The van der Waals surface area contributed by atoms with E-state index in [9.17, 15) is 14.0 Å². The number of carbonyl (C=O) groups excluding carboxylic acids is 2. The Hall–Kier alpha value is -1.94. The predicted octanol–water partition coefficient (Wildman–Crippen LogP) is 0.996. The van der Waals surface area contributed by atoms with Crippen molar-refractivity contribution in [3.8, 4) is 6.07 Å². The largest absolute Gasteiger partial charge is 0.339 e. The van der Waals surface area contributed by atoms with Crippen LogP contribution in [0.2, 0.25) is 0 Å². The van der Waals surface area contributed by atoms with Crippen molar-refractivity contribution in [2.75, 3.05) is 26.2 Å². The second-order valence-electron chi connectivity index (χ2n) is 7.04. The third-order valence-corrected chi connectivity index (χ3v) is 4.44. The molecule has 0 unspecified atom stereocenters. The lowest BCUT2D eigenvalue weighted by Gasteiger charge is -2.31. The van der Waals surface area contributed by atoms with E-state index in [1.165, 1.54) is 4.90 Å². The van der Waals surface area contributed by atoms with E-state index < -0.39 is 17.8 Å². The Morgan fingerprint density at radius 2 is 2.12 bits per heavy atom. The fraction of sp³-hybridized carbons (Fsp3) is 0.706. The van der Waals surface area contributed by atoms with E-state index >= 15 is 0 Å². The summed E-state index contributed by atoms with van der Waals surface area (Å²) in [7, 11) is 0. The third-order valence-electron chi connectivity index (χ3n) is 4.44. The fourth-order valence-corrected chi connectivity index (χ4v) is 3.02. The van der Waals surface area contributed by atoms with Gasteiger partial charge >= 0.3 is 0 Å². The fourth-order valence-electron chi connectivity index (χ4n) is 3.02. The van der Waals surface area contributed by atoms with Crippen LogP contribution >= 0.6 is 0 Å². The first-order chi connectivity index (χ1) is 11.3. The van der Waals surface area contributed by atoms with E-state index in [0.717, 1.165) is 13.0 Å². The van der Waals surface area contributed by atoms with Crippen molar-refractivity contribution in [1.82, 2.24) is 15.1 Å². The van der Waals surface area contributed by atoms with Crippen LogP contribution in [0.1, 0.15) is 33.1 Å². The summed E-state index contributed by atoms with van der Waals surface area (Å²) in [5.74, 6) is -0.257. The van der Waals surface area contributed by atoms with Crippen LogP contribution in [-0.4, -0.2) is 65.5 Å². The highest BCUT2D eigenvalue weighted by Crippen LogP contribution is 2.20. The van der Waals surface area contributed by atoms with Crippen LogP contribution in [0.3, 0.4) is 0 Å². The topological polar surface area (TPSA) is 76.4 Å². The molecule has 0 bridgehead atoms. The Labute approximate surface area is 142 Å². The van der Waals surface area contributed by atoms with E-state index in [0.29, 0.717) is 6.54 Å². The van der Waals surface area contributed by atoms with Gasteiger partial charge in [0.2, 0.25) is 11.8 Å². The van der Waals surface area contributed by atoms with Crippen LogP contribution in [0.5, 0.6) is 0 Å². The second-order valence-corrected chi connectivity index (χ2v) is 7.04. The van der Waals surface area contributed by atoms with E-state index in [2.05, 4.69) is 11.4 Å². The molecule has 2 aliphatic heterocycles. The number of alkyl halides is 1. The molecule has 0 saturated carbocycles. The van der Waals surface area contributed by atoms with Crippen LogP contribution in [0.15, 0.2) is 12.2 Å². The molecule has 0 aromatic rings. The van der Waals surface area contributed by atoms with E-state index in [1.54, 1.807) is 4.90 Å². The van der Waals surface area contributed by atoms with Gasteiger partial charge in [0.05, 0.1) is 19.2 Å². The highest BCUT2D eigenvalue weighted by atomic mass is 19.1. The first-order valence-electron chi connectivity index (χ1n) is 8.33. The number of amides is 2. The summed E-state index contributed by atoms with van der Waals surface area (Å²) in [6, 6.07) is 1.27. The van der Waals surface area contributed by atoms with Crippen molar-refractivity contribution < 1.29 is 14.0 Å². The Kier molecular flexibility index (Phi) is 5.94. The molecule has 7 heteroatoms. The number of carbonyl (C=O) groups is 2. The summed E-state index contributed by atoms with van der Waals surface area (Å²) < 4.78 is 13.4. The van der Waals surface area contributed by atoms with Gasteiger partial charge in [-0.1, -0.05) is 12.2 Å². The number of hydrogen-bond donors (Lipinski definition) is 1. The van der Waals surface area contributed by atoms with E-state index in [1.807, 2.05) is 26.0 Å². The molecule has 24 heavy (non-hydrogen) atoms.